The molecular weight excluding hydrogens is 370 g/mol. The Morgan fingerprint density at radius 3 is 2.79 bits per heavy atom. The fourth-order valence-electron chi connectivity index (χ4n) is 2.77. The minimum Gasteiger partial charge on any atom is -0.346 e. The highest BCUT2D eigenvalue weighted by Gasteiger charge is 2.48. The van der Waals surface area contributed by atoms with Crippen molar-refractivity contribution in [3.63, 3.8) is 0 Å². The van der Waals surface area contributed by atoms with Crippen molar-refractivity contribution in [2.75, 3.05) is 11.9 Å². The lowest BCUT2D eigenvalue weighted by molar-refractivity contribution is -0.145. The summed E-state index contributed by atoms with van der Waals surface area (Å²) in [5, 5.41) is 13.6. The van der Waals surface area contributed by atoms with Crippen molar-refractivity contribution in [2.24, 2.45) is 0 Å². The maximum atomic E-state index is 14.8. The fraction of sp³-hybridized carbons (Fsp3) is 0.278. The van der Waals surface area contributed by atoms with Crippen LogP contribution >= 0.6 is 0 Å². The molecule has 3 rings (SSSR count). The van der Waals surface area contributed by atoms with Crippen LogP contribution in [0, 0.1) is 18.3 Å². The van der Waals surface area contributed by atoms with Gasteiger partial charge in [-0.05, 0) is 26.0 Å². The molecule has 0 spiro atoms. The summed E-state index contributed by atoms with van der Waals surface area (Å²) in [4.78, 5) is 32.4. The van der Waals surface area contributed by atoms with Crippen LogP contribution in [0.1, 0.15) is 35.5 Å². The molecule has 3 amide bonds. The molecular formula is C18H16F2N6O2. The second-order valence-electron chi connectivity index (χ2n) is 6.33. The summed E-state index contributed by atoms with van der Waals surface area (Å²) in [6.45, 7) is 2.39. The van der Waals surface area contributed by atoms with Gasteiger partial charge in [-0.25, -0.2) is 9.78 Å². The van der Waals surface area contributed by atoms with Crippen LogP contribution in [-0.2, 0) is 10.8 Å². The molecule has 1 aromatic carbocycles. The number of benzene rings is 1. The minimum absolute atomic E-state index is 0.0125. The number of hydrogen-bond acceptors (Lipinski definition) is 5. The number of hydrogen-bond donors (Lipinski definition) is 2. The van der Waals surface area contributed by atoms with Crippen LogP contribution in [0.2, 0.25) is 0 Å². The number of anilines is 1. The summed E-state index contributed by atoms with van der Waals surface area (Å²) in [7, 11) is 0. The molecule has 144 valence electrons. The van der Waals surface area contributed by atoms with E-state index >= 15 is 0 Å². The van der Waals surface area contributed by atoms with Gasteiger partial charge in [0.2, 0.25) is 5.91 Å². The number of amides is 3. The van der Waals surface area contributed by atoms with Crippen LogP contribution in [0.15, 0.2) is 30.6 Å². The molecule has 1 aromatic heterocycles. The predicted octanol–water partition coefficient (Wildman–Crippen LogP) is 2.43. The third-order valence-corrected chi connectivity index (χ3v) is 4.23. The standard InChI is InChI=1S/C18H16F2N6O2/c1-10-3-4-14-13(5-10)18(19,20)26(17(28)25-14)9-16(27)24-11(2)15-8-22-12(6-21)7-23-15/h3-5,7-8,11H,9H2,1-2H3,(H,24,27)(H,25,28)/t11-/m1/s1. The topological polar surface area (TPSA) is 111 Å². The monoisotopic (exact) mass is 386 g/mol. The molecule has 2 heterocycles. The van der Waals surface area contributed by atoms with E-state index in [1.807, 2.05) is 6.07 Å². The van der Waals surface area contributed by atoms with Crippen LogP contribution in [-0.4, -0.2) is 33.4 Å². The number of aromatic nitrogens is 2. The third-order valence-electron chi connectivity index (χ3n) is 4.23. The Morgan fingerprint density at radius 1 is 1.39 bits per heavy atom. The first-order valence-corrected chi connectivity index (χ1v) is 8.31. The van der Waals surface area contributed by atoms with E-state index in [9.17, 15) is 18.4 Å². The van der Waals surface area contributed by atoms with E-state index in [-0.39, 0.29) is 21.8 Å². The quantitative estimate of drug-likeness (QED) is 0.784. The first-order chi connectivity index (χ1) is 13.2. The van der Waals surface area contributed by atoms with Gasteiger partial charge in [-0.2, -0.15) is 14.0 Å². The number of fused-ring (bicyclic) bond motifs is 1. The maximum absolute atomic E-state index is 14.8. The summed E-state index contributed by atoms with van der Waals surface area (Å²) in [5.74, 6) is -0.787. The van der Waals surface area contributed by atoms with Crippen molar-refractivity contribution >= 4 is 17.6 Å². The van der Waals surface area contributed by atoms with E-state index in [4.69, 9.17) is 5.26 Å². The number of alkyl halides is 2. The SMILES string of the molecule is Cc1ccc2c(c1)C(F)(F)N(CC(=O)N[C@H](C)c1cnc(C#N)cn1)C(=O)N2. The lowest BCUT2D eigenvalue weighted by atomic mass is 10.0. The second-order valence-corrected chi connectivity index (χ2v) is 6.33. The highest BCUT2D eigenvalue weighted by Crippen LogP contribution is 2.41. The number of nitrogens with one attached hydrogen (secondary N) is 2. The molecule has 1 aliphatic rings. The highest BCUT2D eigenvalue weighted by atomic mass is 19.3. The number of rotatable bonds is 4. The predicted molar refractivity (Wildman–Crippen MR) is 94.1 cm³/mol. The number of carbonyl (C=O) groups is 2. The second kappa shape index (κ2) is 7.19. The maximum Gasteiger partial charge on any atom is 0.358 e. The van der Waals surface area contributed by atoms with Crippen molar-refractivity contribution in [2.45, 2.75) is 25.9 Å². The number of nitriles is 1. The zero-order valence-corrected chi connectivity index (χ0v) is 15.0. The van der Waals surface area contributed by atoms with Gasteiger partial charge in [-0.3, -0.25) is 14.7 Å². The van der Waals surface area contributed by atoms with Crippen molar-refractivity contribution in [1.29, 1.82) is 5.26 Å². The lowest BCUT2D eigenvalue weighted by Gasteiger charge is -2.36. The van der Waals surface area contributed by atoms with Crippen molar-refractivity contribution < 1.29 is 18.4 Å². The molecule has 1 aliphatic heterocycles. The highest BCUT2D eigenvalue weighted by molar-refractivity contribution is 5.95. The van der Waals surface area contributed by atoms with Gasteiger partial charge >= 0.3 is 12.1 Å². The molecule has 10 heteroatoms. The smallest absolute Gasteiger partial charge is 0.346 e. The largest absolute Gasteiger partial charge is 0.358 e. The van der Waals surface area contributed by atoms with Gasteiger partial charge < -0.3 is 10.6 Å². The number of aryl methyl sites for hydroxylation is 1. The Bertz CT molecular complexity index is 971. The third kappa shape index (κ3) is 3.59. The number of carbonyl (C=O) groups excluding carboxylic acids is 2. The Kier molecular flexibility index (Phi) is 4.92. The summed E-state index contributed by atoms with van der Waals surface area (Å²) < 4.78 is 29.7. The van der Waals surface area contributed by atoms with E-state index in [0.717, 1.165) is 0 Å². The van der Waals surface area contributed by atoms with E-state index in [1.54, 1.807) is 19.9 Å². The van der Waals surface area contributed by atoms with Crippen LogP contribution in [0.3, 0.4) is 0 Å². The van der Waals surface area contributed by atoms with E-state index in [0.29, 0.717) is 11.3 Å². The molecule has 2 N–H and O–H groups in total. The number of nitrogens with zero attached hydrogens (tertiary/aromatic N) is 4. The molecule has 0 saturated carbocycles. The molecule has 0 radical (unpaired) electrons. The molecule has 28 heavy (non-hydrogen) atoms. The zero-order chi connectivity index (χ0) is 20.5. The minimum atomic E-state index is -3.64. The van der Waals surface area contributed by atoms with Crippen molar-refractivity contribution in [1.82, 2.24) is 20.2 Å². The normalized spacial score (nSPS) is 15.8. The van der Waals surface area contributed by atoms with E-state index in [2.05, 4.69) is 20.6 Å². The molecule has 2 aromatic rings. The Hall–Kier alpha value is -3.61. The average Bonchev–Trinajstić information content (AvgIpc) is 2.66. The van der Waals surface area contributed by atoms with Gasteiger partial charge in [0.1, 0.15) is 12.6 Å². The molecule has 0 aliphatic carbocycles. The Labute approximate surface area is 159 Å². The van der Waals surface area contributed by atoms with E-state index in [1.165, 1.54) is 24.5 Å². The summed E-state index contributed by atoms with van der Waals surface area (Å²) >= 11 is 0. The van der Waals surface area contributed by atoms with Gasteiger partial charge in [0, 0.05) is 0 Å². The number of halogens is 2. The summed E-state index contributed by atoms with van der Waals surface area (Å²) in [5.41, 5.74) is 0.709. The van der Waals surface area contributed by atoms with Gasteiger partial charge in [0.25, 0.3) is 0 Å². The summed E-state index contributed by atoms with van der Waals surface area (Å²) in [6, 6.07) is 0.745. The van der Waals surface area contributed by atoms with Crippen LogP contribution in [0.25, 0.3) is 0 Å². The molecule has 0 bridgehead atoms. The molecule has 1 atom stereocenters. The first-order valence-electron chi connectivity index (χ1n) is 8.31. The lowest BCUT2D eigenvalue weighted by Crippen LogP contribution is -2.53. The zero-order valence-electron chi connectivity index (χ0n) is 15.0. The Morgan fingerprint density at radius 2 is 2.14 bits per heavy atom. The molecule has 0 saturated heterocycles. The van der Waals surface area contributed by atoms with Crippen LogP contribution in [0.4, 0.5) is 19.3 Å². The first kappa shape index (κ1) is 19.2. The fourth-order valence-corrected chi connectivity index (χ4v) is 2.77. The van der Waals surface area contributed by atoms with Gasteiger partial charge in [-0.1, -0.05) is 11.6 Å². The Balaban J connectivity index is 1.74. The van der Waals surface area contributed by atoms with Crippen LogP contribution in [0.5, 0.6) is 0 Å². The van der Waals surface area contributed by atoms with Gasteiger partial charge in [-0.15, -0.1) is 0 Å². The van der Waals surface area contributed by atoms with Crippen LogP contribution < -0.4 is 10.6 Å². The molecule has 0 unspecified atom stereocenters. The van der Waals surface area contributed by atoms with Gasteiger partial charge in [0.05, 0.1) is 35.4 Å². The molecule has 0 fully saturated rings. The number of urea groups is 1. The van der Waals surface area contributed by atoms with Gasteiger partial charge in [0.15, 0.2) is 5.69 Å². The van der Waals surface area contributed by atoms with Crippen molar-refractivity contribution in [3.8, 4) is 6.07 Å². The average molecular weight is 386 g/mol. The molecule has 8 nitrogen and oxygen atoms in total. The van der Waals surface area contributed by atoms with E-state index < -0.39 is 30.6 Å². The van der Waals surface area contributed by atoms with Crippen molar-refractivity contribution in [3.05, 3.63) is 53.1 Å². The summed E-state index contributed by atoms with van der Waals surface area (Å²) in [6.07, 6.45) is 2.55.